The predicted octanol–water partition coefficient (Wildman–Crippen LogP) is 5.57. The van der Waals surface area contributed by atoms with Gasteiger partial charge < -0.3 is 23.7 Å². The van der Waals surface area contributed by atoms with Crippen LogP contribution in [0.25, 0.3) is 0 Å². The minimum Gasteiger partial charge on any atom is -0.493 e. The van der Waals surface area contributed by atoms with Crippen molar-refractivity contribution in [2.24, 2.45) is 11.3 Å². The van der Waals surface area contributed by atoms with Gasteiger partial charge in [0.05, 0.1) is 33.6 Å². The lowest BCUT2D eigenvalue weighted by atomic mass is 9.84. The van der Waals surface area contributed by atoms with Gasteiger partial charge in [-0.15, -0.1) is 0 Å². The Morgan fingerprint density at radius 1 is 1.00 bits per heavy atom. The van der Waals surface area contributed by atoms with Crippen molar-refractivity contribution in [3.05, 3.63) is 47.9 Å². The number of rotatable bonds is 13. The van der Waals surface area contributed by atoms with Crippen molar-refractivity contribution in [1.82, 2.24) is 9.80 Å². The van der Waals surface area contributed by atoms with Crippen LogP contribution in [0.4, 0.5) is 0 Å². The first-order valence-corrected chi connectivity index (χ1v) is 12.7. The molecule has 2 rings (SSSR count). The van der Waals surface area contributed by atoms with E-state index in [0.29, 0.717) is 43.2 Å². The Bertz CT molecular complexity index is 963. The zero-order valence-electron chi connectivity index (χ0n) is 23.3. The van der Waals surface area contributed by atoms with Gasteiger partial charge in [-0.25, -0.2) is 0 Å². The van der Waals surface area contributed by atoms with Gasteiger partial charge in [-0.3, -0.25) is 9.59 Å². The molecule has 0 bridgehead atoms. The number of amides is 2. The van der Waals surface area contributed by atoms with Crippen molar-refractivity contribution in [2.75, 3.05) is 27.3 Å². The number of hydrogen-bond donors (Lipinski definition) is 0. The summed E-state index contributed by atoms with van der Waals surface area (Å²) in [5.41, 5.74) is 1.18. The standard InChI is InChI=1S/C29H44N2O5/c1-21(2)31(27(32)16-22(3)18-29(4,5)6)20-28(33)30(19-24-10-9-15-36-24)14-13-23-11-12-25(34-7)26(17-23)35-8/h9-12,15,17,21-22H,13-14,16,18-20H2,1-8H3/t22-/m1/s1. The first-order valence-electron chi connectivity index (χ1n) is 12.7. The molecule has 0 N–H and O–H groups in total. The van der Waals surface area contributed by atoms with Gasteiger partial charge in [-0.2, -0.15) is 0 Å². The number of furan rings is 1. The molecule has 2 amide bonds. The van der Waals surface area contributed by atoms with Crippen LogP contribution in [0.5, 0.6) is 11.5 Å². The largest absolute Gasteiger partial charge is 0.493 e. The molecule has 0 aliphatic carbocycles. The van der Waals surface area contributed by atoms with E-state index in [1.807, 2.05) is 44.2 Å². The van der Waals surface area contributed by atoms with Gasteiger partial charge in [-0.1, -0.05) is 33.8 Å². The fourth-order valence-electron chi connectivity index (χ4n) is 4.52. The minimum absolute atomic E-state index is 0.0212. The van der Waals surface area contributed by atoms with Gasteiger partial charge in [0.2, 0.25) is 11.8 Å². The van der Waals surface area contributed by atoms with Crippen molar-refractivity contribution in [2.45, 2.75) is 73.4 Å². The summed E-state index contributed by atoms with van der Waals surface area (Å²) in [5, 5.41) is 0. The fourth-order valence-corrected chi connectivity index (χ4v) is 4.52. The summed E-state index contributed by atoms with van der Waals surface area (Å²) in [6.07, 6.45) is 3.62. The Morgan fingerprint density at radius 2 is 1.69 bits per heavy atom. The van der Waals surface area contributed by atoms with Gasteiger partial charge in [0.25, 0.3) is 0 Å². The lowest BCUT2D eigenvalue weighted by Crippen LogP contribution is -2.46. The third-order valence-corrected chi connectivity index (χ3v) is 6.13. The van der Waals surface area contributed by atoms with Gasteiger partial charge >= 0.3 is 0 Å². The second kappa shape index (κ2) is 13.4. The Labute approximate surface area is 216 Å². The molecule has 0 aliphatic rings. The van der Waals surface area contributed by atoms with Crippen molar-refractivity contribution in [3.63, 3.8) is 0 Å². The summed E-state index contributed by atoms with van der Waals surface area (Å²) >= 11 is 0. The van der Waals surface area contributed by atoms with Crippen LogP contribution in [0.3, 0.4) is 0 Å². The number of methoxy groups -OCH3 is 2. The molecule has 1 aromatic carbocycles. The number of carbonyl (C=O) groups is 2. The number of benzene rings is 1. The quantitative estimate of drug-likeness (QED) is 0.360. The first kappa shape index (κ1) is 29.3. The molecule has 0 spiro atoms. The summed E-state index contributed by atoms with van der Waals surface area (Å²) in [5.74, 6) is 2.19. The van der Waals surface area contributed by atoms with Crippen LogP contribution in [-0.2, 0) is 22.6 Å². The molecule has 1 atom stereocenters. The normalized spacial score (nSPS) is 12.4. The third kappa shape index (κ3) is 9.25. The maximum atomic E-state index is 13.5. The molecule has 0 saturated heterocycles. The van der Waals surface area contributed by atoms with E-state index in [9.17, 15) is 9.59 Å². The SMILES string of the molecule is COc1ccc(CCN(Cc2ccco2)C(=O)CN(C(=O)C[C@@H](C)CC(C)(C)C)C(C)C)cc1OC. The highest BCUT2D eigenvalue weighted by Gasteiger charge is 2.26. The number of carbonyl (C=O) groups excluding carboxylic acids is 2. The molecule has 1 heterocycles. The minimum atomic E-state index is -0.0996. The van der Waals surface area contributed by atoms with E-state index >= 15 is 0 Å². The van der Waals surface area contributed by atoms with Crippen LogP contribution in [0, 0.1) is 11.3 Å². The second-order valence-electron chi connectivity index (χ2n) is 11.0. The molecule has 0 unspecified atom stereocenters. The molecule has 36 heavy (non-hydrogen) atoms. The highest BCUT2D eigenvalue weighted by Crippen LogP contribution is 2.28. The molecule has 0 fully saturated rings. The Morgan fingerprint density at radius 3 is 2.25 bits per heavy atom. The molecule has 0 saturated carbocycles. The highest BCUT2D eigenvalue weighted by molar-refractivity contribution is 5.85. The van der Waals surface area contributed by atoms with E-state index < -0.39 is 0 Å². The number of ether oxygens (including phenoxy) is 2. The molecule has 2 aromatic rings. The molecule has 0 aliphatic heterocycles. The van der Waals surface area contributed by atoms with Crippen LogP contribution in [0.2, 0.25) is 0 Å². The van der Waals surface area contributed by atoms with Crippen LogP contribution in [0.1, 0.15) is 65.7 Å². The second-order valence-corrected chi connectivity index (χ2v) is 11.0. The average molecular weight is 501 g/mol. The molecule has 200 valence electrons. The fraction of sp³-hybridized carbons (Fsp3) is 0.586. The Hall–Kier alpha value is -2.96. The maximum Gasteiger partial charge on any atom is 0.242 e. The first-order chi connectivity index (χ1) is 16.9. The third-order valence-electron chi connectivity index (χ3n) is 6.13. The monoisotopic (exact) mass is 500 g/mol. The average Bonchev–Trinajstić information content (AvgIpc) is 3.31. The van der Waals surface area contributed by atoms with Gasteiger partial charge in [-0.05, 0) is 67.9 Å². The summed E-state index contributed by atoms with van der Waals surface area (Å²) in [7, 11) is 3.21. The predicted molar refractivity (Wildman–Crippen MR) is 142 cm³/mol. The highest BCUT2D eigenvalue weighted by atomic mass is 16.5. The summed E-state index contributed by atoms with van der Waals surface area (Å²) in [4.78, 5) is 30.1. The molecule has 0 radical (unpaired) electrons. The van der Waals surface area contributed by atoms with Gasteiger partial charge in [0, 0.05) is 19.0 Å². The van der Waals surface area contributed by atoms with E-state index in [4.69, 9.17) is 13.9 Å². The molecule has 7 nitrogen and oxygen atoms in total. The molecule has 1 aromatic heterocycles. The zero-order valence-corrected chi connectivity index (χ0v) is 23.3. The summed E-state index contributed by atoms with van der Waals surface area (Å²) < 4.78 is 16.3. The Kier molecular flexibility index (Phi) is 10.9. The van der Waals surface area contributed by atoms with E-state index in [0.717, 1.165) is 12.0 Å². The Balaban J connectivity index is 2.13. The van der Waals surface area contributed by atoms with E-state index in [-0.39, 0.29) is 35.7 Å². The topological polar surface area (TPSA) is 72.2 Å². The number of hydrogen-bond acceptors (Lipinski definition) is 5. The molecular formula is C29H44N2O5. The lowest BCUT2D eigenvalue weighted by Gasteiger charge is -2.31. The van der Waals surface area contributed by atoms with Crippen molar-refractivity contribution >= 4 is 11.8 Å². The van der Waals surface area contributed by atoms with Gasteiger partial charge in [0.1, 0.15) is 5.76 Å². The van der Waals surface area contributed by atoms with E-state index in [1.165, 1.54) is 0 Å². The summed E-state index contributed by atoms with van der Waals surface area (Å²) in [6.45, 7) is 13.4. The molecular weight excluding hydrogens is 456 g/mol. The van der Waals surface area contributed by atoms with Crippen molar-refractivity contribution in [1.29, 1.82) is 0 Å². The zero-order chi connectivity index (χ0) is 26.9. The summed E-state index contributed by atoms with van der Waals surface area (Å²) in [6, 6.07) is 9.36. The van der Waals surface area contributed by atoms with Crippen LogP contribution < -0.4 is 9.47 Å². The van der Waals surface area contributed by atoms with Crippen LogP contribution in [-0.4, -0.2) is 55.0 Å². The lowest BCUT2D eigenvalue weighted by molar-refractivity contribution is -0.143. The number of nitrogens with zero attached hydrogens (tertiary/aromatic N) is 2. The van der Waals surface area contributed by atoms with Crippen LogP contribution in [0.15, 0.2) is 41.0 Å². The van der Waals surface area contributed by atoms with E-state index in [2.05, 4.69) is 27.7 Å². The molecule has 7 heteroatoms. The maximum absolute atomic E-state index is 13.5. The van der Waals surface area contributed by atoms with Crippen molar-refractivity contribution in [3.8, 4) is 11.5 Å². The van der Waals surface area contributed by atoms with Crippen LogP contribution >= 0.6 is 0 Å². The van der Waals surface area contributed by atoms with Crippen molar-refractivity contribution < 1.29 is 23.5 Å². The van der Waals surface area contributed by atoms with E-state index in [1.54, 1.807) is 30.3 Å². The van der Waals surface area contributed by atoms with Gasteiger partial charge in [0.15, 0.2) is 11.5 Å². The smallest absolute Gasteiger partial charge is 0.242 e.